The van der Waals surface area contributed by atoms with Gasteiger partial charge in [-0.1, -0.05) is 11.6 Å². The van der Waals surface area contributed by atoms with Crippen molar-refractivity contribution in [2.24, 2.45) is 0 Å². The van der Waals surface area contributed by atoms with Crippen LogP contribution in [0.1, 0.15) is 18.4 Å². The molecule has 1 N–H and O–H groups in total. The first kappa shape index (κ1) is 12.0. The van der Waals surface area contributed by atoms with Crippen molar-refractivity contribution in [3.8, 4) is 0 Å². The molecule has 0 bridgehead atoms. The number of halogens is 2. The number of nitrogens with zero attached hydrogens (tertiary/aromatic N) is 2. The van der Waals surface area contributed by atoms with Gasteiger partial charge in [-0.15, -0.1) is 0 Å². The van der Waals surface area contributed by atoms with Crippen molar-refractivity contribution in [3.05, 3.63) is 22.2 Å². The van der Waals surface area contributed by atoms with Crippen LogP contribution in [0, 0.1) is 0 Å². The van der Waals surface area contributed by atoms with Gasteiger partial charge in [0.2, 0.25) is 5.28 Å². The maximum Gasteiger partial charge on any atom is 0.223 e. The highest BCUT2D eigenvalue weighted by Gasteiger charge is 2.14. The van der Waals surface area contributed by atoms with Crippen LogP contribution in [0.3, 0.4) is 0 Å². The maximum atomic E-state index is 5.89. The van der Waals surface area contributed by atoms with E-state index >= 15 is 0 Å². The molecule has 2 rings (SSSR count). The van der Waals surface area contributed by atoms with E-state index < -0.39 is 0 Å². The summed E-state index contributed by atoms with van der Waals surface area (Å²) < 4.78 is 5.55. The van der Waals surface area contributed by atoms with Crippen LogP contribution in [0.5, 0.6) is 0 Å². The Bertz CT molecular complexity index is 356. The minimum Gasteiger partial charge on any atom is -0.375 e. The number of hydrogen-bond donors (Lipinski definition) is 1. The molecule has 0 amide bonds. The normalized spacial score (nSPS) is 20.2. The Hall–Kier alpha value is -0.420. The van der Waals surface area contributed by atoms with Crippen molar-refractivity contribution in [1.82, 2.24) is 15.3 Å². The number of ether oxygens (including phenoxy) is 1. The largest absolute Gasteiger partial charge is 0.375 e. The molecule has 1 aliphatic rings. The summed E-state index contributed by atoms with van der Waals surface area (Å²) in [4.78, 5) is 7.71. The van der Waals surface area contributed by atoms with Gasteiger partial charge in [0.15, 0.2) is 0 Å². The second-order valence-electron chi connectivity index (χ2n) is 3.76. The Morgan fingerprint density at radius 1 is 1.50 bits per heavy atom. The first-order chi connectivity index (χ1) is 7.75. The lowest BCUT2D eigenvalue weighted by Gasteiger charge is -2.10. The van der Waals surface area contributed by atoms with Crippen LogP contribution in [0.4, 0.5) is 0 Å². The second kappa shape index (κ2) is 5.77. The van der Waals surface area contributed by atoms with Crippen molar-refractivity contribution < 1.29 is 4.74 Å². The molecule has 1 aliphatic heterocycles. The summed E-state index contributed by atoms with van der Waals surface area (Å²) in [7, 11) is 0. The van der Waals surface area contributed by atoms with E-state index in [1.807, 2.05) is 0 Å². The molecule has 4 nitrogen and oxygen atoms in total. The molecule has 6 heteroatoms. The van der Waals surface area contributed by atoms with Crippen LogP contribution in [-0.4, -0.2) is 29.2 Å². The molecule has 1 unspecified atom stereocenters. The standard InChI is InChI=1S/C10H13Cl2N3O/c11-9-7(4-14-10(12)15-9)5-16-6-8-2-1-3-13-8/h4,8,13H,1-3,5-6H2. The van der Waals surface area contributed by atoms with Crippen molar-refractivity contribution in [1.29, 1.82) is 0 Å². The van der Waals surface area contributed by atoms with Gasteiger partial charge in [-0.2, -0.15) is 0 Å². The lowest BCUT2D eigenvalue weighted by Crippen LogP contribution is -2.26. The van der Waals surface area contributed by atoms with Gasteiger partial charge in [-0.25, -0.2) is 9.97 Å². The molecule has 1 saturated heterocycles. The summed E-state index contributed by atoms with van der Waals surface area (Å²) in [6, 6.07) is 0.465. The molecule has 0 aliphatic carbocycles. The predicted molar refractivity (Wildman–Crippen MR) is 62.7 cm³/mol. The molecule has 2 heterocycles. The van der Waals surface area contributed by atoms with Crippen LogP contribution in [-0.2, 0) is 11.3 Å². The van der Waals surface area contributed by atoms with Crippen molar-refractivity contribution in [3.63, 3.8) is 0 Å². The highest BCUT2D eigenvalue weighted by molar-refractivity contribution is 6.32. The summed E-state index contributed by atoms with van der Waals surface area (Å²) in [6.45, 7) is 2.20. The molecule has 1 atom stereocenters. The molecule has 16 heavy (non-hydrogen) atoms. The lowest BCUT2D eigenvalue weighted by molar-refractivity contribution is 0.103. The summed E-state index contributed by atoms with van der Waals surface area (Å²) in [5, 5.41) is 3.88. The number of hydrogen-bond acceptors (Lipinski definition) is 4. The number of aromatic nitrogens is 2. The minimum atomic E-state index is 0.159. The fraction of sp³-hybridized carbons (Fsp3) is 0.600. The van der Waals surface area contributed by atoms with Gasteiger partial charge in [0.1, 0.15) is 5.15 Å². The Morgan fingerprint density at radius 2 is 2.38 bits per heavy atom. The zero-order valence-corrected chi connectivity index (χ0v) is 10.3. The zero-order chi connectivity index (χ0) is 11.4. The molecule has 0 aromatic carbocycles. The van der Waals surface area contributed by atoms with Gasteiger partial charge in [0, 0.05) is 17.8 Å². The van der Waals surface area contributed by atoms with E-state index in [4.69, 9.17) is 27.9 Å². The summed E-state index contributed by atoms with van der Waals surface area (Å²) in [5.74, 6) is 0. The van der Waals surface area contributed by atoms with Crippen LogP contribution < -0.4 is 5.32 Å². The van der Waals surface area contributed by atoms with Crippen LogP contribution in [0.2, 0.25) is 10.4 Å². The molecule has 0 spiro atoms. The third-order valence-corrected chi connectivity index (χ3v) is 3.03. The highest BCUT2D eigenvalue weighted by Crippen LogP contribution is 2.15. The van der Waals surface area contributed by atoms with E-state index in [2.05, 4.69) is 15.3 Å². The fourth-order valence-electron chi connectivity index (χ4n) is 1.67. The average molecular weight is 262 g/mol. The summed E-state index contributed by atoms with van der Waals surface area (Å²) >= 11 is 11.5. The van der Waals surface area contributed by atoms with E-state index in [0.717, 1.165) is 12.1 Å². The van der Waals surface area contributed by atoms with Gasteiger partial charge in [0.25, 0.3) is 0 Å². The van der Waals surface area contributed by atoms with E-state index in [-0.39, 0.29) is 5.28 Å². The van der Waals surface area contributed by atoms with E-state index in [9.17, 15) is 0 Å². The Kier molecular flexibility index (Phi) is 4.35. The third kappa shape index (κ3) is 3.28. The van der Waals surface area contributed by atoms with Crippen molar-refractivity contribution in [2.75, 3.05) is 13.2 Å². The predicted octanol–water partition coefficient (Wildman–Crippen LogP) is 2.05. The van der Waals surface area contributed by atoms with Gasteiger partial charge in [-0.05, 0) is 31.0 Å². The molecule has 88 valence electrons. The average Bonchev–Trinajstić information content (AvgIpc) is 2.74. The van der Waals surface area contributed by atoms with Crippen molar-refractivity contribution in [2.45, 2.75) is 25.5 Å². The zero-order valence-electron chi connectivity index (χ0n) is 8.75. The lowest BCUT2D eigenvalue weighted by atomic mass is 10.2. The van der Waals surface area contributed by atoms with Crippen LogP contribution in [0.15, 0.2) is 6.20 Å². The molecule has 0 saturated carbocycles. The van der Waals surface area contributed by atoms with Gasteiger partial charge in [-0.3, -0.25) is 0 Å². The number of nitrogens with one attached hydrogen (secondary N) is 1. The smallest absolute Gasteiger partial charge is 0.223 e. The monoisotopic (exact) mass is 261 g/mol. The topological polar surface area (TPSA) is 47.0 Å². The molecular formula is C10H13Cl2N3O. The maximum absolute atomic E-state index is 5.89. The Labute approximate surface area is 104 Å². The summed E-state index contributed by atoms with van der Waals surface area (Å²) in [5.41, 5.74) is 0.768. The first-order valence-electron chi connectivity index (χ1n) is 5.24. The van der Waals surface area contributed by atoms with E-state index in [1.54, 1.807) is 6.20 Å². The van der Waals surface area contributed by atoms with E-state index in [1.165, 1.54) is 12.8 Å². The Morgan fingerprint density at radius 3 is 3.06 bits per heavy atom. The minimum absolute atomic E-state index is 0.159. The second-order valence-corrected chi connectivity index (χ2v) is 4.46. The molecule has 1 fully saturated rings. The van der Waals surface area contributed by atoms with Gasteiger partial charge >= 0.3 is 0 Å². The fourth-order valence-corrected chi connectivity index (χ4v) is 2.03. The van der Waals surface area contributed by atoms with Crippen LogP contribution in [0.25, 0.3) is 0 Å². The van der Waals surface area contributed by atoms with Crippen molar-refractivity contribution >= 4 is 23.2 Å². The third-order valence-electron chi connectivity index (χ3n) is 2.52. The first-order valence-corrected chi connectivity index (χ1v) is 5.99. The van der Waals surface area contributed by atoms with Gasteiger partial charge in [0.05, 0.1) is 13.2 Å². The molecular weight excluding hydrogens is 249 g/mol. The molecule has 1 aromatic rings. The molecule has 0 radical (unpaired) electrons. The Balaban J connectivity index is 1.80. The number of rotatable bonds is 4. The highest BCUT2D eigenvalue weighted by atomic mass is 35.5. The summed E-state index contributed by atoms with van der Waals surface area (Å²) in [6.07, 6.45) is 3.99. The SMILES string of the molecule is Clc1ncc(COCC2CCCN2)c(Cl)n1. The van der Waals surface area contributed by atoms with Crippen LogP contribution >= 0.6 is 23.2 Å². The van der Waals surface area contributed by atoms with E-state index in [0.29, 0.717) is 24.4 Å². The quantitative estimate of drug-likeness (QED) is 0.666. The molecule has 1 aromatic heterocycles. The van der Waals surface area contributed by atoms with Gasteiger partial charge < -0.3 is 10.1 Å².